The Balaban J connectivity index is 2.48. The van der Waals surface area contributed by atoms with Crippen LogP contribution in [0.2, 0.25) is 0 Å². The Morgan fingerprint density at radius 1 is 1.54 bits per heavy atom. The minimum atomic E-state index is -1.89. The Bertz CT molecular complexity index is 261. The van der Waals surface area contributed by atoms with Gasteiger partial charge in [0, 0.05) is 22.2 Å². The first-order valence-corrected chi connectivity index (χ1v) is 7.16. The van der Waals surface area contributed by atoms with Crippen LogP contribution in [-0.4, -0.2) is 36.4 Å². The Morgan fingerprint density at radius 2 is 2.23 bits per heavy atom. The summed E-state index contributed by atoms with van der Waals surface area (Å²) in [5.74, 6) is 1.29. The van der Waals surface area contributed by atoms with Gasteiger partial charge < -0.3 is 5.32 Å². The number of piperidine rings is 1. The smallest absolute Gasteiger partial charge is 0.0515 e. The van der Waals surface area contributed by atoms with E-state index in [1.165, 1.54) is 6.42 Å². The third kappa shape index (κ3) is 4.09. The van der Waals surface area contributed by atoms with Crippen molar-refractivity contribution in [2.24, 2.45) is 16.2 Å². The third-order valence-electron chi connectivity index (χ3n) is 2.58. The fourth-order valence-corrected chi connectivity index (χ4v) is 2.17. The van der Waals surface area contributed by atoms with Crippen molar-refractivity contribution in [1.29, 1.82) is 0 Å². The Morgan fingerprint density at radius 3 is 2.77 bits per heavy atom. The van der Waals surface area contributed by atoms with Crippen LogP contribution in [0.1, 0.15) is 13.3 Å². The van der Waals surface area contributed by atoms with Gasteiger partial charge in [-0.05, 0) is 31.3 Å². The lowest BCUT2D eigenvalue weighted by Crippen LogP contribution is -2.36. The summed E-state index contributed by atoms with van der Waals surface area (Å²) in [4.78, 5) is 0. The number of hydrogen-bond acceptors (Lipinski definition) is 3. The van der Waals surface area contributed by atoms with E-state index in [1.54, 1.807) is 12.5 Å². The summed E-state index contributed by atoms with van der Waals surface area (Å²) in [5, 5.41) is 3.35. The SMILES string of the molecule is CC1CNCCC1CN=S(C)(C)=O. The van der Waals surface area contributed by atoms with Crippen LogP contribution in [0.25, 0.3) is 0 Å². The van der Waals surface area contributed by atoms with Crippen LogP contribution in [0.15, 0.2) is 4.36 Å². The molecule has 0 aliphatic carbocycles. The van der Waals surface area contributed by atoms with E-state index in [0.717, 1.165) is 19.6 Å². The molecule has 2 unspecified atom stereocenters. The van der Waals surface area contributed by atoms with E-state index >= 15 is 0 Å². The van der Waals surface area contributed by atoms with Crippen LogP contribution < -0.4 is 5.32 Å². The van der Waals surface area contributed by atoms with E-state index in [1.807, 2.05) is 0 Å². The van der Waals surface area contributed by atoms with Gasteiger partial charge in [-0.15, -0.1) is 0 Å². The summed E-state index contributed by atoms with van der Waals surface area (Å²) in [6.07, 6.45) is 4.58. The highest BCUT2D eigenvalue weighted by Gasteiger charge is 2.20. The molecule has 78 valence electrons. The van der Waals surface area contributed by atoms with Crippen molar-refractivity contribution in [3.05, 3.63) is 0 Å². The zero-order chi connectivity index (χ0) is 9.90. The molecule has 1 heterocycles. The molecule has 4 heteroatoms. The zero-order valence-electron chi connectivity index (χ0n) is 8.75. The first-order valence-electron chi connectivity index (χ1n) is 4.82. The molecule has 0 aromatic heterocycles. The van der Waals surface area contributed by atoms with E-state index in [4.69, 9.17) is 0 Å². The number of nitrogens with zero attached hydrogens (tertiary/aromatic N) is 1. The van der Waals surface area contributed by atoms with Gasteiger partial charge in [0.05, 0.1) is 6.54 Å². The van der Waals surface area contributed by atoms with Crippen LogP contribution >= 0.6 is 0 Å². The molecular formula is C9H20N2OS. The number of rotatable bonds is 2. The summed E-state index contributed by atoms with van der Waals surface area (Å²) < 4.78 is 15.6. The van der Waals surface area contributed by atoms with Crippen molar-refractivity contribution in [3.8, 4) is 0 Å². The number of hydrogen-bond donors (Lipinski definition) is 1. The summed E-state index contributed by atoms with van der Waals surface area (Å²) >= 11 is 0. The molecule has 1 fully saturated rings. The molecule has 0 bridgehead atoms. The normalized spacial score (nSPS) is 30.1. The van der Waals surface area contributed by atoms with E-state index in [0.29, 0.717) is 11.8 Å². The van der Waals surface area contributed by atoms with Crippen molar-refractivity contribution in [2.75, 3.05) is 32.1 Å². The predicted octanol–water partition coefficient (Wildman–Crippen LogP) is 0.960. The van der Waals surface area contributed by atoms with Crippen LogP contribution in [0.3, 0.4) is 0 Å². The topological polar surface area (TPSA) is 41.5 Å². The quantitative estimate of drug-likeness (QED) is 0.728. The van der Waals surface area contributed by atoms with E-state index in [9.17, 15) is 4.21 Å². The van der Waals surface area contributed by atoms with Gasteiger partial charge in [0.2, 0.25) is 0 Å². The lowest BCUT2D eigenvalue weighted by Gasteiger charge is -2.28. The first kappa shape index (κ1) is 11.0. The molecule has 0 aromatic rings. The van der Waals surface area contributed by atoms with Gasteiger partial charge in [-0.1, -0.05) is 6.92 Å². The highest BCUT2D eigenvalue weighted by atomic mass is 32.2. The molecule has 1 saturated heterocycles. The Labute approximate surface area is 81.5 Å². The monoisotopic (exact) mass is 204 g/mol. The summed E-state index contributed by atoms with van der Waals surface area (Å²) in [5.41, 5.74) is 0. The molecule has 0 saturated carbocycles. The van der Waals surface area contributed by atoms with Gasteiger partial charge in [-0.25, -0.2) is 4.36 Å². The van der Waals surface area contributed by atoms with Crippen molar-refractivity contribution in [2.45, 2.75) is 13.3 Å². The second-order valence-corrected chi connectivity index (χ2v) is 6.84. The summed E-state index contributed by atoms with van der Waals surface area (Å²) in [6, 6.07) is 0. The molecule has 2 atom stereocenters. The zero-order valence-corrected chi connectivity index (χ0v) is 9.56. The van der Waals surface area contributed by atoms with Crippen molar-refractivity contribution in [1.82, 2.24) is 5.32 Å². The molecule has 1 N–H and O–H groups in total. The Kier molecular flexibility index (Phi) is 3.74. The molecule has 0 spiro atoms. The lowest BCUT2D eigenvalue weighted by atomic mass is 9.88. The average Bonchev–Trinajstić information content (AvgIpc) is 2.01. The van der Waals surface area contributed by atoms with Crippen LogP contribution in [0.4, 0.5) is 0 Å². The second kappa shape index (κ2) is 4.42. The molecule has 13 heavy (non-hydrogen) atoms. The summed E-state index contributed by atoms with van der Waals surface area (Å²) in [7, 11) is -1.89. The van der Waals surface area contributed by atoms with Crippen molar-refractivity contribution >= 4 is 9.73 Å². The Hall–Kier alpha value is -0.0900. The predicted molar refractivity (Wildman–Crippen MR) is 57.4 cm³/mol. The van der Waals surface area contributed by atoms with Gasteiger partial charge >= 0.3 is 0 Å². The summed E-state index contributed by atoms with van der Waals surface area (Å²) in [6.45, 7) is 5.17. The highest BCUT2D eigenvalue weighted by molar-refractivity contribution is 7.92. The fourth-order valence-electron chi connectivity index (χ4n) is 1.61. The molecule has 1 aliphatic heterocycles. The third-order valence-corrected chi connectivity index (χ3v) is 3.35. The molecule has 0 amide bonds. The minimum absolute atomic E-state index is 0.627. The maximum atomic E-state index is 11.4. The lowest BCUT2D eigenvalue weighted by molar-refractivity contribution is 0.282. The minimum Gasteiger partial charge on any atom is -0.316 e. The van der Waals surface area contributed by atoms with Gasteiger partial charge in [0.15, 0.2) is 0 Å². The van der Waals surface area contributed by atoms with Gasteiger partial charge in [-0.3, -0.25) is 4.21 Å². The molecule has 1 rings (SSSR count). The maximum absolute atomic E-state index is 11.4. The molecule has 0 radical (unpaired) electrons. The van der Waals surface area contributed by atoms with Crippen molar-refractivity contribution < 1.29 is 4.21 Å². The van der Waals surface area contributed by atoms with Crippen LogP contribution in [-0.2, 0) is 9.73 Å². The first-order chi connectivity index (χ1) is 5.99. The van der Waals surface area contributed by atoms with E-state index in [2.05, 4.69) is 16.6 Å². The van der Waals surface area contributed by atoms with Crippen LogP contribution in [0.5, 0.6) is 0 Å². The van der Waals surface area contributed by atoms with Crippen LogP contribution in [0, 0.1) is 11.8 Å². The van der Waals surface area contributed by atoms with Gasteiger partial charge in [0.25, 0.3) is 0 Å². The standard InChI is InChI=1S/C9H20N2OS/c1-8-6-10-5-4-9(8)7-11-13(2,3)12/h8-10H,4-7H2,1-3H3. The van der Waals surface area contributed by atoms with Gasteiger partial charge in [-0.2, -0.15) is 0 Å². The molecular weight excluding hydrogens is 184 g/mol. The average molecular weight is 204 g/mol. The highest BCUT2D eigenvalue weighted by Crippen LogP contribution is 2.18. The van der Waals surface area contributed by atoms with E-state index < -0.39 is 9.73 Å². The number of nitrogens with one attached hydrogen (secondary N) is 1. The fraction of sp³-hybridized carbons (Fsp3) is 1.00. The largest absolute Gasteiger partial charge is 0.316 e. The molecule has 3 nitrogen and oxygen atoms in total. The van der Waals surface area contributed by atoms with Crippen molar-refractivity contribution in [3.63, 3.8) is 0 Å². The van der Waals surface area contributed by atoms with Gasteiger partial charge in [0.1, 0.15) is 0 Å². The van der Waals surface area contributed by atoms with E-state index in [-0.39, 0.29) is 0 Å². The molecule has 1 aliphatic rings. The maximum Gasteiger partial charge on any atom is 0.0515 e. The second-order valence-electron chi connectivity index (χ2n) is 4.22. The molecule has 0 aromatic carbocycles.